The smallest absolute Gasteiger partial charge is 0.250 e. The second-order valence-electron chi connectivity index (χ2n) is 6.28. The van der Waals surface area contributed by atoms with Crippen LogP contribution in [-0.2, 0) is 6.42 Å². The first kappa shape index (κ1) is 14.9. The number of aliphatic hydroxyl groups excluding tert-OH is 1. The van der Waals surface area contributed by atoms with Crippen molar-refractivity contribution in [3.63, 3.8) is 0 Å². The number of primary amides is 1. The fraction of sp³-hybridized carbons (Fsp3) is 0.211. The van der Waals surface area contributed by atoms with Gasteiger partial charge in [0.1, 0.15) is 5.82 Å². The van der Waals surface area contributed by atoms with Crippen molar-refractivity contribution in [2.24, 2.45) is 5.73 Å². The molecule has 2 unspecified atom stereocenters. The molecule has 2 atom stereocenters. The van der Waals surface area contributed by atoms with E-state index in [-0.39, 0.29) is 11.7 Å². The van der Waals surface area contributed by atoms with Crippen molar-refractivity contribution in [3.8, 4) is 0 Å². The van der Waals surface area contributed by atoms with Crippen molar-refractivity contribution in [3.05, 3.63) is 70.7 Å². The molecule has 1 aromatic heterocycles. The molecule has 0 aliphatic heterocycles. The second kappa shape index (κ2) is 5.46. The van der Waals surface area contributed by atoms with E-state index in [4.69, 9.17) is 5.73 Å². The summed E-state index contributed by atoms with van der Waals surface area (Å²) in [6.07, 6.45) is 0.355. The lowest BCUT2D eigenvalue weighted by Crippen LogP contribution is -2.23. The van der Waals surface area contributed by atoms with Crippen LogP contribution in [-0.4, -0.2) is 22.1 Å². The summed E-state index contributed by atoms with van der Waals surface area (Å²) in [5.41, 5.74) is 8.86. The van der Waals surface area contributed by atoms with Gasteiger partial charge in [0, 0.05) is 23.4 Å². The lowest BCUT2D eigenvalue weighted by atomic mass is 9.80. The van der Waals surface area contributed by atoms with Crippen molar-refractivity contribution >= 4 is 16.8 Å². The average molecular weight is 324 g/mol. The number of benzene rings is 2. The number of nitrogens with one attached hydrogen (secondary N) is 1. The number of para-hydroxylation sites is 1. The number of rotatable bonds is 2. The first-order chi connectivity index (χ1) is 11.6. The van der Waals surface area contributed by atoms with Gasteiger partial charge in [-0.15, -0.1) is 0 Å². The Bertz CT molecular complexity index is 948. The zero-order chi connectivity index (χ0) is 16.8. The average Bonchev–Trinajstić information content (AvgIpc) is 2.93. The Kier molecular flexibility index (Phi) is 3.39. The molecule has 4 nitrogen and oxygen atoms in total. The third-order valence-corrected chi connectivity index (χ3v) is 4.82. The highest BCUT2D eigenvalue weighted by atomic mass is 19.1. The first-order valence-corrected chi connectivity index (χ1v) is 7.92. The Balaban J connectivity index is 1.97. The number of hydrogen-bond acceptors (Lipinski definition) is 2. The number of H-pyrrole nitrogens is 1. The lowest BCUT2D eigenvalue weighted by molar-refractivity contribution is 0.100. The number of amides is 1. The van der Waals surface area contributed by atoms with Crippen molar-refractivity contribution < 1.29 is 14.3 Å². The molecule has 5 heteroatoms. The van der Waals surface area contributed by atoms with E-state index in [1.807, 2.05) is 6.07 Å². The summed E-state index contributed by atoms with van der Waals surface area (Å²) >= 11 is 0. The van der Waals surface area contributed by atoms with E-state index in [1.165, 1.54) is 6.07 Å². The van der Waals surface area contributed by atoms with Gasteiger partial charge in [0.15, 0.2) is 0 Å². The SMILES string of the molecule is NC(=O)c1cccc2c3c([nH]c12)C(c1ccccc1F)CC(O)C3. The highest BCUT2D eigenvalue weighted by molar-refractivity contribution is 6.06. The van der Waals surface area contributed by atoms with Crippen LogP contribution >= 0.6 is 0 Å². The number of carbonyl (C=O) groups excluding carboxylic acids is 1. The van der Waals surface area contributed by atoms with Gasteiger partial charge in [-0.25, -0.2) is 4.39 Å². The first-order valence-electron chi connectivity index (χ1n) is 7.92. The largest absolute Gasteiger partial charge is 0.393 e. The second-order valence-corrected chi connectivity index (χ2v) is 6.28. The van der Waals surface area contributed by atoms with Crippen LogP contribution in [0.5, 0.6) is 0 Å². The highest BCUT2D eigenvalue weighted by Gasteiger charge is 2.32. The number of halogens is 1. The topological polar surface area (TPSA) is 79.1 Å². The van der Waals surface area contributed by atoms with Gasteiger partial charge in [-0.05, 0) is 29.7 Å². The molecule has 122 valence electrons. The summed E-state index contributed by atoms with van der Waals surface area (Å²) in [5.74, 6) is -1.09. The molecular weight excluding hydrogens is 307 g/mol. The third kappa shape index (κ3) is 2.20. The van der Waals surface area contributed by atoms with E-state index >= 15 is 0 Å². The van der Waals surface area contributed by atoms with Gasteiger partial charge in [0.05, 0.1) is 17.2 Å². The molecule has 0 spiro atoms. The number of carbonyl (C=O) groups is 1. The molecule has 1 amide bonds. The molecule has 24 heavy (non-hydrogen) atoms. The Morgan fingerprint density at radius 3 is 2.75 bits per heavy atom. The molecule has 0 fully saturated rings. The minimum absolute atomic E-state index is 0.280. The number of aromatic amines is 1. The molecule has 1 aliphatic carbocycles. The maximum absolute atomic E-state index is 14.3. The maximum atomic E-state index is 14.3. The van der Waals surface area contributed by atoms with Crippen LogP contribution < -0.4 is 5.73 Å². The fourth-order valence-corrected chi connectivity index (χ4v) is 3.77. The van der Waals surface area contributed by atoms with Crippen LogP contribution in [0.25, 0.3) is 10.9 Å². The number of nitrogens with two attached hydrogens (primary N) is 1. The van der Waals surface area contributed by atoms with Crippen molar-refractivity contribution in [2.45, 2.75) is 24.9 Å². The summed E-state index contributed by atoms with van der Waals surface area (Å²) in [7, 11) is 0. The third-order valence-electron chi connectivity index (χ3n) is 4.82. The quantitative estimate of drug-likeness (QED) is 0.678. The Labute approximate surface area is 138 Å². The molecule has 3 aromatic rings. The van der Waals surface area contributed by atoms with Crippen molar-refractivity contribution in [1.82, 2.24) is 4.98 Å². The minimum atomic E-state index is -0.557. The van der Waals surface area contributed by atoms with E-state index in [9.17, 15) is 14.3 Å². The predicted octanol–water partition coefficient (Wildman–Crippen LogP) is 2.84. The Morgan fingerprint density at radius 2 is 2.00 bits per heavy atom. The molecule has 0 bridgehead atoms. The number of aliphatic hydroxyl groups is 1. The van der Waals surface area contributed by atoms with Crippen molar-refractivity contribution in [2.75, 3.05) is 0 Å². The number of hydrogen-bond donors (Lipinski definition) is 3. The van der Waals surface area contributed by atoms with Crippen LogP contribution in [0.2, 0.25) is 0 Å². The maximum Gasteiger partial charge on any atom is 0.250 e. The molecule has 0 saturated carbocycles. The molecule has 4 rings (SSSR count). The molecule has 0 radical (unpaired) electrons. The van der Waals surface area contributed by atoms with Crippen molar-refractivity contribution in [1.29, 1.82) is 0 Å². The summed E-state index contributed by atoms with van der Waals surface area (Å²) < 4.78 is 14.3. The summed E-state index contributed by atoms with van der Waals surface area (Å²) in [6.45, 7) is 0. The van der Waals surface area contributed by atoms with Gasteiger partial charge < -0.3 is 15.8 Å². The van der Waals surface area contributed by atoms with Crippen LogP contribution in [0.15, 0.2) is 42.5 Å². The van der Waals surface area contributed by atoms with E-state index in [2.05, 4.69) is 4.98 Å². The summed E-state index contributed by atoms with van der Waals surface area (Å²) in [5, 5.41) is 11.2. The molecule has 1 aliphatic rings. The predicted molar refractivity (Wildman–Crippen MR) is 89.4 cm³/mol. The van der Waals surface area contributed by atoms with Crippen LogP contribution in [0.4, 0.5) is 4.39 Å². The van der Waals surface area contributed by atoms with Gasteiger partial charge in [0.2, 0.25) is 0 Å². The fourth-order valence-electron chi connectivity index (χ4n) is 3.77. The minimum Gasteiger partial charge on any atom is -0.393 e. The number of fused-ring (bicyclic) bond motifs is 3. The lowest BCUT2D eigenvalue weighted by Gasteiger charge is -2.27. The van der Waals surface area contributed by atoms with Gasteiger partial charge in [-0.3, -0.25) is 4.79 Å². The Hall–Kier alpha value is -2.66. The Morgan fingerprint density at radius 1 is 1.21 bits per heavy atom. The van der Waals surface area contributed by atoms with Gasteiger partial charge in [0.25, 0.3) is 5.91 Å². The molecule has 0 saturated heterocycles. The van der Waals surface area contributed by atoms with Gasteiger partial charge in [-0.1, -0.05) is 30.3 Å². The molecule has 2 aromatic carbocycles. The molecule has 4 N–H and O–H groups in total. The zero-order valence-corrected chi connectivity index (χ0v) is 12.9. The summed E-state index contributed by atoms with van der Waals surface area (Å²) in [6, 6.07) is 11.9. The van der Waals surface area contributed by atoms with Crippen LogP contribution in [0.3, 0.4) is 0 Å². The van der Waals surface area contributed by atoms with E-state index in [0.717, 1.165) is 16.6 Å². The van der Waals surface area contributed by atoms with E-state index in [0.29, 0.717) is 29.5 Å². The highest BCUT2D eigenvalue weighted by Crippen LogP contribution is 2.41. The molecule has 1 heterocycles. The van der Waals surface area contributed by atoms with Crippen LogP contribution in [0, 0.1) is 5.82 Å². The monoisotopic (exact) mass is 324 g/mol. The van der Waals surface area contributed by atoms with Gasteiger partial charge in [-0.2, -0.15) is 0 Å². The van der Waals surface area contributed by atoms with Crippen LogP contribution in [0.1, 0.15) is 39.5 Å². The zero-order valence-electron chi connectivity index (χ0n) is 12.9. The standard InChI is InChI=1S/C19H17FN2O2/c20-16-7-2-1-4-11(16)14-8-10(23)9-15-12-5-3-6-13(19(21)24)17(12)22-18(14)15/h1-7,10,14,22-23H,8-9H2,(H2,21,24). The normalized spacial score (nSPS) is 20.1. The van der Waals surface area contributed by atoms with E-state index < -0.39 is 12.0 Å². The van der Waals surface area contributed by atoms with E-state index in [1.54, 1.807) is 30.3 Å². The van der Waals surface area contributed by atoms with Gasteiger partial charge >= 0.3 is 0 Å². The summed E-state index contributed by atoms with van der Waals surface area (Å²) in [4.78, 5) is 15.0. The molecular formula is C19H17FN2O2. The number of aromatic nitrogens is 1.